The molecular formula is C21H19FN4O3S. The monoisotopic (exact) mass is 426 g/mol. The van der Waals surface area contributed by atoms with Crippen molar-refractivity contribution < 1.29 is 18.8 Å². The summed E-state index contributed by atoms with van der Waals surface area (Å²) in [7, 11) is 0. The van der Waals surface area contributed by atoms with E-state index in [1.54, 1.807) is 35.7 Å². The Morgan fingerprint density at radius 2 is 1.57 bits per heavy atom. The van der Waals surface area contributed by atoms with Crippen molar-refractivity contribution in [3.05, 3.63) is 59.2 Å². The quantitative estimate of drug-likeness (QED) is 0.554. The highest BCUT2D eigenvalue weighted by atomic mass is 32.1. The molecule has 154 valence electrons. The minimum absolute atomic E-state index is 0.134. The molecule has 3 rings (SSSR count). The lowest BCUT2D eigenvalue weighted by atomic mass is 10.1. The first kappa shape index (κ1) is 21.1. The molecule has 0 spiro atoms. The van der Waals surface area contributed by atoms with Gasteiger partial charge >= 0.3 is 0 Å². The lowest BCUT2D eigenvalue weighted by molar-refractivity contribution is -0.116. The summed E-state index contributed by atoms with van der Waals surface area (Å²) in [5.41, 5.74) is 2.45. The van der Waals surface area contributed by atoms with Gasteiger partial charge in [0.15, 0.2) is 5.13 Å². The van der Waals surface area contributed by atoms with Crippen LogP contribution in [0.15, 0.2) is 47.8 Å². The second-order valence-corrected chi connectivity index (χ2v) is 7.37. The van der Waals surface area contributed by atoms with E-state index in [2.05, 4.69) is 20.9 Å². The molecule has 7 nitrogen and oxygen atoms in total. The van der Waals surface area contributed by atoms with E-state index < -0.39 is 5.82 Å². The largest absolute Gasteiger partial charge is 0.326 e. The number of carbonyl (C=O) groups excluding carboxylic acids is 3. The number of anilines is 3. The maximum atomic E-state index is 14.4. The van der Waals surface area contributed by atoms with Crippen molar-refractivity contribution in [2.75, 3.05) is 16.0 Å². The van der Waals surface area contributed by atoms with Crippen LogP contribution in [0.3, 0.4) is 0 Å². The highest BCUT2D eigenvalue weighted by molar-refractivity contribution is 7.14. The summed E-state index contributed by atoms with van der Waals surface area (Å²) >= 11 is 1.19. The molecule has 0 aliphatic heterocycles. The minimum Gasteiger partial charge on any atom is -0.326 e. The number of benzene rings is 2. The Morgan fingerprint density at radius 1 is 0.933 bits per heavy atom. The number of halogens is 1. The normalized spacial score (nSPS) is 10.4. The third-order valence-electron chi connectivity index (χ3n) is 3.95. The van der Waals surface area contributed by atoms with Crippen molar-refractivity contribution in [2.24, 2.45) is 0 Å². The first-order chi connectivity index (χ1) is 14.3. The number of carbonyl (C=O) groups is 3. The van der Waals surface area contributed by atoms with E-state index in [1.165, 1.54) is 37.3 Å². The second kappa shape index (κ2) is 9.27. The summed E-state index contributed by atoms with van der Waals surface area (Å²) < 4.78 is 14.4. The first-order valence-corrected chi connectivity index (χ1v) is 9.87. The minimum atomic E-state index is -0.524. The van der Waals surface area contributed by atoms with Crippen LogP contribution in [0.2, 0.25) is 0 Å². The van der Waals surface area contributed by atoms with Crippen LogP contribution in [0.1, 0.15) is 19.4 Å². The summed E-state index contributed by atoms with van der Waals surface area (Å²) in [4.78, 5) is 38.7. The number of nitrogens with zero attached hydrogens (tertiary/aromatic N) is 1. The van der Waals surface area contributed by atoms with Crippen LogP contribution in [0.4, 0.5) is 20.9 Å². The van der Waals surface area contributed by atoms with Gasteiger partial charge in [0.25, 0.3) is 0 Å². The van der Waals surface area contributed by atoms with Crippen LogP contribution in [0, 0.1) is 5.82 Å². The molecule has 0 unspecified atom stereocenters. The topological polar surface area (TPSA) is 100 Å². The van der Waals surface area contributed by atoms with Gasteiger partial charge in [-0.05, 0) is 35.9 Å². The van der Waals surface area contributed by atoms with Gasteiger partial charge in [0.05, 0.1) is 12.1 Å². The number of thiazole rings is 1. The molecule has 0 saturated heterocycles. The SMILES string of the molecule is CC(=O)Nc1ccc(CC(=O)Nc2nc(-c3ccc(NC(C)=O)cc3F)cs2)cc1. The molecule has 9 heteroatoms. The van der Waals surface area contributed by atoms with Gasteiger partial charge in [0.2, 0.25) is 17.7 Å². The molecule has 30 heavy (non-hydrogen) atoms. The van der Waals surface area contributed by atoms with Crippen LogP contribution in [0.5, 0.6) is 0 Å². The predicted octanol–water partition coefficient (Wildman–Crippen LogP) is 4.05. The first-order valence-electron chi connectivity index (χ1n) is 8.99. The van der Waals surface area contributed by atoms with Crippen molar-refractivity contribution in [3.63, 3.8) is 0 Å². The van der Waals surface area contributed by atoms with E-state index in [0.29, 0.717) is 22.2 Å². The molecule has 0 atom stereocenters. The number of hydrogen-bond donors (Lipinski definition) is 3. The lowest BCUT2D eigenvalue weighted by Crippen LogP contribution is -2.14. The Balaban J connectivity index is 1.63. The molecule has 0 saturated carbocycles. The van der Waals surface area contributed by atoms with E-state index in [-0.39, 0.29) is 29.7 Å². The molecule has 0 bridgehead atoms. The van der Waals surface area contributed by atoms with E-state index >= 15 is 0 Å². The third-order valence-corrected chi connectivity index (χ3v) is 4.71. The number of hydrogen-bond acceptors (Lipinski definition) is 5. The van der Waals surface area contributed by atoms with Gasteiger partial charge in [0.1, 0.15) is 5.82 Å². The summed E-state index contributed by atoms with van der Waals surface area (Å²) in [6.45, 7) is 2.77. The van der Waals surface area contributed by atoms with Crippen LogP contribution in [-0.4, -0.2) is 22.7 Å². The van der Waals surface area contributed by atoms with Gasteiger partial charge in [-0.15, -0.1) is 11.3 Å². The van der Waals surface area contributed by atoms with Gasteiger partial charge in [-0.3, -0.25) is 14.4 Å². The highest BCUT2D eigenvalue weighted by Crippen LogP contribution is 2.28. The zero-order chi connectivity index (χ0) is 21.7. The number of amides is 3. The fourth-order valence-corrected chi connectivity index (χ4v) is 3.44. The van der Waals surface area contributed by atoms with Crippen molar-refractivity contribution in [2.45, 2.75) is 20.3 Å². The third kappa shape index (κ3) is 5.71. The predicted molar refractivity (Wildman–Crippen MR) is 115 cm³/mol. The van der Waals surface area contributed by atoms with E-state index in [1.807, 2.05) is 0 Å². The summed E-state index contributed by atoms with van der Waals surface area (Å²) in [5.74, 6) is -1.24. The lowest BCUT2D eigenvalue weighted by Gasteiger charge is -2.05. The van der Waals surface area contributed by atoms with Crippen LogP contribution < -0.4 is 16.0 Å². The fraction of sp³-hybridized carbons (Fsp3) is 0.143. The smallest absolute Gasteiger partial charge is 0.230 e. The van der Waals surface area contributed by atoms with Crippen molar-refractivity contribution in [1.82, 2.24) is 4.98 Å². The number of aromatic nitrogens is 1. The van der Waals surface area contributed by atoms with E-state index in [0.717, 1.165) is 5.56 Å². The van der Waals surface area contributed by atoms with Gasteiger partial charge < -0.3 is 16.0 Å². The molecule has 3 N–H and O–H groups in total. The van der Waals surface area contributed by atoms with Crippen molar-refractivity contribution in [3.8, 4) is 11.3 Å². The highest BCUT2D eigenvalue weighted by Gasteiger charge is 2.13. The molecule has 1 aromatic heterocycles. The molecule has 0 aliphatic rings. The average molecular weight is 426 g/mol. The zero-order valence-corrected chi connectivity index (χ0v) is 17.1. The average Bonchev–Trinajstić information content (AvgIpc) is 3.10. The molecule has 0 radical (unpaired) electrons. The maximum absolute atomic E-state index is 14.4. The van der Waals surface area contributed by atoms with Gasteiger partial charge in [-0.1, -0.05) is 12.1 Å². The molecule has 1 heterocycles. The Labute approximate surface area is 176 Å². The summed E-state index contributed by atoms with van der Waals surface area (Å²) in [5, 5.41) is 9.89. The Hall–Kier alpha value is -3.59. The molecule has 0 aliphatic carbocycles. The fourth-order valence-electron chi connectivity index (χ4n) is 2.72. The van der Waals surface area contributed by atoms with Crippen LogP contribution in [-0.2, 0) is 20.8 Å². The molecular weight excluding hydrogens is 407 g/mol. The van der Waals surface area contributed by atoms with Crippen LogP contribution in [0.25, 0.3) is 11.3 Å². The zero-order valence-electron chi connectivity index (χ0n) is 16.3. The second-order valence-electron chi connectivity index (χ2n) is 6.52. The van der Waals surface area contributed by atoms with Gasteiger partial charge in [0, 0.05) is 36.2 Å². The Morgan fingerprint density at radius 3 is 2.20 bits per heavy atom. The molecule has 3 amide bonds. The maximum Gasteiger partial charge on any atom is 0.230 e. The van der Waals surface area contributed by atoms with Gasteiger partial charge in [-0.2, -0.15) is 0 Å². The van der Waals surface area contributed by atoms with Crippen molar-refractivity contribution in [1.29, 1.82) is 0 Å². The van der Waals surface area contributed by atoms with E-state index in [9.17, 15) is 18.8 Å². The standard InChI is InChI=1S/C21H19FN4O3S/c1-12(27)23-15-5-3-14(4-6-15)9-20(29)26-21-25-19(11-30-21)17-8-7-16(10-18(17)22)24-13(2)28/h3-8,10-11H,9H2,1-2H3,(H,23,27)(H,24,28)(H,25,26,29). The number of nitrogens with one attached hydrogen (secondary N) is 3. The summed E-state index contributed by atoms with van der Waals surface area (Å²) in [6, 6.07) is 11.3. The molecule has 2 aromatic carbocycles. The van der Waals surface area contributed by atoms with Crippen LogP contribution >= 0.6 is 11.3 Å². The molecule has 3 aromatic rings. The Bertz CT molecular complexity index is 1100. The van der Waals surface area contributed by atoms with Crippen molar-refractivity contribution >= 4 is 45.6 Å². The number of rotatable bonds is 6. The Kier molecular flexibility index (Phi) is 6.53. The summed E-state index contributed by atoms with van der Waals surface area (Å²) in [6.07, 6.45) is 0.134. The van der Waals surface area contributed by atoms with E-state index in [4.69, 9.17) is 0 Å². The van der Waals surface area contributed by atoms with Gasteiger partial charge in [-0.25, -0.2) is 9.37 Å². The molecule has 0 fully saturated rings.